The number of hydrogen-bond acceptors (Lipinski definition) is 7. The number of sulfonamides is 1. The summed E-state index contributed by atoms with van der Waals surface area (Å²) < 4.78 is 43.8. The molecule has 0 fully saturated rings. The molecule has 2 amide bonds. The van der Waals surface area contributed by atoms with Gasteiger partial charge in [-0.1, -0.05) is 0 Å². The molecule has 2 aromatic carbocycles. The minimum absolute atomic E-state index is 0.0162. The monoisotopic (exact) mass is 491 g/mol. The summed E-state index contributed by atoms with van der Waals surface area (Å²) in [6.45, 7) is 5.39. The average Bonchev–Trinajstić information content (AvgIpc) is 2.79. The highest BCUT2D eigenvalue weighted by atomic mass is 32.2. The van der Waals surface area contributed by atoms with Crippen LogP contribution in [0.3, 0.4) is 0 Å². The van der Waals surface area contributed by atoms with E-state index in [0.29, 0.717) is 36.1 Å². The van der Waals surface area contributed by atoms with Gasteiger partial charge in [0.2, 0.25) is 21.8 Å². The fourth-order valence-corrected chi connectivity index (χ4v) is 4.19. The van der Waals surface area contributed by atoms with Crippen LogP contribution in [0.15, 0.2) is 47.4 Å². The van der Waals surface area contributed by atoms with Gasteiger partial charge in [-0.3, -0.25) is 9.59 Å². The summed E-state index contributed by atoms with van der Waals surface area (Å²) in [6.07, 6.45) is 0. The molecule has 10 nitrogen and oxygen atoms in total. The molecule has 2 aromatic rings. The van der Waals surface area contributed by atoms with Gasteiger partial charge >= 0.3 is 0 Å². The molecule has 0 aliphatic carbocycles. The van der Waals surface area contributed by atoms with E-state index in [1.54, 1.807) is 18.2 Å². The maximum absolute atomic E-state index is 13.1. The van der Waals surface area contributed by atoms with Crippen molar-refractivity contribution >= 4 is 27.5 Å². The van der Waals surface area contributed by atoms with Crippen molar-refractivity contribution < 1.29 is 32.2 Å². The molecule has 0 bridgehead atoms. The molecule has 1 heterocycles. The third-order valence-electron chi connectivity index (χ3n) is 4.74. The second kappa shape index (κ2) is 10.3. The molecule has 34 heavy (non-hydrogen) atoms. The zero-order valence-corrected chi connectivity index (χ0v) is 20.4. The average molecular weight is 492 g/mol. The van der Waals surface area contributed by atoms with E-state index in [9.17, 15) is 18.0 Å². The van der Waals surface area contributed by atoms with Gasteiger partial charge in [-0.25, -0.2) is 13.1 Å². The summed E-state index contributed by atoms with van der Waals surface area (Å²) in [5.74, 6) is 0.467. The van der Waals surface area contributed by atoms with Gasteiger partial charge < -0.3 is 24.4 Å². The van der Waals surface area contributed by atoms with E-state index in [1.165, 1.54) is 36.3 Å². The zero-order chi connectivity index (χ0) is 24.9. The Morgan fingerprint density at radius 1 is 1.03 bits per heavy atom. The van der Waals surface area contributed by atoms with Crippen LogP contribution in [0.1, 0.15) is 20.8 Å². The Morgan fingerprint density at radius 3 is 2.29 bits per heavy atom. The molecule has 3 rings (SSSR count). The van der Waals surface area contributed by atoms with Gasteiger partial charge in [0.05, 0.1) is 18.6 Å². The van der Waals surface area contributed by atoms with E-state index in [1.807, 2.05) is 20.8 Å². The number of hydrogen-bond donors (Lipinski definition) is 2. The number of anilines is 1. The highest BCUT2D eigenvalue weighted by Crippen LogP contribution is 2.34. The summed E-state index contributed by atoms with van der Waals surface area (Å²) in [5, 5.41) is 2.81. The predicted octanol–water partition coefficient (Wildman–Crippen LogP) is 1.69. The lowest BCUT2D eigenvalue weighted by atomic mass is 10.1. The van der Waals surface area contributed by atoms with Gasteiger partial charge in [-0.15, -0.1) is 0 Å². The Hall–Kier alpha value is -3.31. The molecule has 1 aliphatic heterocycles. The number of methoxy groups -OCH3 is 1. The van der Waals surface area contributed by atoms with Gasteiger partial charge in [0, 0.05) is 17.3 Å². The van der Waals surface area contributed by atoms with E-state index in [0.717, 1.165) is 0 Å². The summed E-state index contributed by atoms with van der Waals surface area (Å²) in [5.41, 5.74) is -0.129. The molecule has 1 aliphatic rings. The topological polar surface area (TPSA) is 123 Å². The van der Waals surface area contributed by atoms with Gasteiger partial charge in [0.25, 0.3) is 0 Å². The summed E-state index contributed by atoms with van der Waals surface area (Å²) in [4.78, 5) is 26.9. The normalized spacial score (nSPS) is 13.2. The Morgan fingerprint density at radius 2 is 1.68 bits per heavy atom. The van der Waals surface area contributed by atoms with Crippen molar-refractivity contribution in [1.82, 2.24) is 10.0 Å². The minimum Gasteiger partial charge on any atom is -0.497 e. The molecule has 0 spiro atoms. The first-order valence-electron chi connectivity index (χ1n) is 10.6. The van der Waals surface area contributed by atoms with Crippen molar-refractivity contribution in [3.63, 3.8) is 0 Å². The van der Waals surface area contributed by atoms with Crippen LogP contribution in [0.5, 0.6) is 17.2 Å². The smallest absolute Gasteiger partial charge is 0.242 e. The number of rotatable bonds is 8. The van der Waals surface area contributed by atoms with E-state index in [2.05, 4.69) is 10.0 Å². The largest absolute Gasteiger partial charge is 0.497 e. The molecule has 0 unspecified atom stereocenters. The number of ether oxygens (including phenoxy) is 3. The predicted molar refractivity (Wildman–Crippen MR) is 126 cm³/mol. The van der Waals surface area contributed by atoms with Gasteiger partial charge in [0.1, 0.15) is 25.5 Å². The number of benzene rings is 2. The van der Waals surface area contributed by atoms with Crippen LogP contribution in [0.25, 0.3) is 0 Å². The number of nitrogens with zero attached hydrogens (tertiary/aromatic N) is 1. The van der Waals surface area contributed by atoms with Crippen molar-refractivity contribution in [3.8, 4) is 17.2 Å². The number of amides is 2. The fraction of sp³-hybridized carbons (Fsp3) is 0.391. The highest BCUT2D eigenvalue weighted by Gasteiger charge is 2.25. The molecule has 0 saturated carbocycles. The van der Waals surface area contributed by atoms with Crippen molar-refractivity contribution in [3.05, 3.63) is 42.5 Å². The molecule has 2 N–H and O–H groups in total. The lowest BCUT2D eigenvalue weighted by Crippen LogP contribution is -2.49. The minimum atomic E-state index is -3.97. The van der Waals surface area contributed by atoms with Gasteiger partial charge in [-0.2, -0.15) is 0 Å². The Balaban J connectivity index is 1.80. The van der Waals surface area contributed by atoms with Gasteiger partial charge in [0.15, 0.2) is 11.5 Å². The quantitative estimate of drug-likeness (QED) is 0.576. The molecular weight excluding hydrogens is 462 g/mol. The molecule has 0 atom stereocenters. The van der Waals surface area contributed by atoms with Crippen LogP contribution in [-0.2, 0) is 19.6 Å². The van der Waals surface area contributed by atoms with Crippen LogP contribution in [0.4, 0.5) is 5.69 Å². The van der Waals surface area contributed by atoms with Crippen molar-refractivity contribution in [2.75, 3.05) is 38.3 Å². The SMILES string of the molecule is COc1ccc(S(=O)(=O)NCC(=O)N(CC(=O)NC(C)(C)C)c2ccc3c(c2)OCCO3)cc1. The van der Waals surface area contributed by atoms with Crippen molar-refractivity contribution in [2.45, 2.75) is 31.2 Å². The highest BCUT2D eigenvalue weighted by molar-refractivity contribution is 7.89. The fourth-order valence-electron chi connectivity index (χ4n) is 3.22. The maximum atomic E-state index is 13.1. The molecular formula is C23H29N3O7S. The van der Waals surface area contributed by atoms with Crippen molar-refractivity contribution in [1.29, 1.82) is 0 Å². The van der Waals surface area contributed by atoms with Crippen LogP contribution < -0.4 is 29.1 Å². The van der Waals surface area contributed by atoms with E-state index in [4.69, 9.17) is 14.2 Å². The van der Waals surface area contributed by atoms with Gasteiger partial charge in [-0.05, 0) is 57.2 Å². The molecule has 0 radical (unpaired) electrons. The number of nitrogens with one attached hydrogen (secondary N) is 2. The molecule has 0 saturated heterocycles. The summed E-state index contributed by atoms with van der Waals surface area (Å²) >= 11 is 0. The molecule has 0 aromatic heterocycles. The first-order valence-corrected chi connectivity index (χ1v) is 12.1. The standard InChI is InChI=1S/C23H29N3O7S/c1-23(2,3)25-21(27)15-26(16-5-10-19-20(13-16)33-12-11-32-19)22(28)14-24-34(29,30)18-8-6-17(31-4)7-9-18/h5-10,13,24H,11-12,14-15H2,1-4H3,(H,25,27). The lowest BCUT2D eigenvalue weighted by molar-refractivity contribution is -0.124. The Kier molecular flexibility index (Phi) is 7.68. The molecule has 184 valence electrons. The van der Waals surface area contributed by atoms with Crippen LogP contribution in [0, 0.1) is 0 Å². The van der Waals surface area contributed by atoms with E-state index >= 15 is 0 Å². The number of carbonyl (C=O) groups excluding carboxylic acids is 2. The third kappa shape index (κ3) is 6.61. The second-order valence-electron chi connectivity index (χ2n) is 8.61. The van der Waals surface area contributed by atoms with Crippen LogP contribution >= 0.6 is 0 Å². The summed E-state index contributed by atoms with van der Waals surface area (Å²) in [7, 11) is -2.49. The second-order valence-corrected chi connectivity index (χ2v) is 10.4. The Labute approximate surface area is 199 Å². The maximum Gasteiger partial charge on any atom is 0.242 e. The van der Waals surface area contributed by atoms with Crippen molar-refractivity contribution in [2.24, 2.45) is 0 Å². The first kappa shape index (κ1) is 25.3. The first-order chi connectivity index (χ1) is 16.0. The lowest BCUT2D eigenvalue weighted by Gasteiger charge is -2.27. The third-order valence-corrected chi connectivity index (χ3v) is 6.15. The van der Waals surface area contributed by atoms with Crippen LogP contribution in [-0.4, -0.2) is 59.2 Å². The number of fused-ring (bicyclic) bond motifs is 1. The summed E-state index contributed by atoms with van der Waals surface area (Å²) in [6, 6.07) is 10.6. The van der Waals surface area contributed by atoms with Crippen LogP contribution in [0.2, 0.25) is 0 Å². The Bertz CT molecular complexity index is 1140. The molecule has 11 heteroatoms. The number of carbonyl (C=O) groups is 2. The zero-order valence-electron chi connectivity index (χ0n) is 19.6. The van der Waals surface area contributed by atoms with E-state index < -0.39 is 33.9 Å². The van der Waals surface area contributed by atoms with E-state index in [-0.39, 0.29) is 11.4 Å².